The number of hydrogen-bond donors (Lipinski definition) is 1. The van der Waals surface area contributed by atoms with Gasteiger partial charge in [0.2, 0.25) is 0 Å². The van der Waals surface area contributed by atoms with Gasteiger partial charge in [-0.1, -0.05) is 30.3 Å². The molecule has 1 atom stereocenters. The lowest BCUT2D eigenvalue weighted by molar-refractivity contribution is -0.174. The summed E-state index contributed by atoms with van der Waals surface area (Å²) < 4.78 is 48.3. The highest BCUT2D eigenvalue weighted by Gasteiger charge is 2.39. The van der Waals surface area contributed by atoms with Crippen LogP contribution in [-0.2, 0) is 24.1 Å². The van der Waals surface area contributed by atoms with Crippen molar-refractivity contribution < 1.29 is 27.4 Å². The largest absolute Gasteiger partial charge is 0.496 e. The summed E-state index contributed by atoms with van der Waals surface area (Å²) in [4.78, 5) is 11.1. The number of nitrogens with one attached hydrogen (secondary N) is 1. The molecule has 0 aliphatic carbocycles. The molecule has 0 saturated carbocycles. The van der Waals surface area contributed by atoms with E-state index in [9.17, 15) is 18.0 Å². The van der Waals surface area contributed by atoms with Gasteiger partial charge in [-0.25, -0.2) is 0 Å². The smallest absolute Gasteiger partial charge is 0.471 e. The fourth-order valence-corrected chi connectivity index (χ4v) is 3.23. The highest BCUT2D eigenvalue weighted by atomic mass is 19.4. The summed E-state index contributed by atoms with van der Waals surface area (Å²) in [5.74, 6) is -0.690. The minimum atomic E-state index is -4.90. The van der Waals surface area contributed by atoms with Crippen LogP contribution in [0.25, 0.3) is 0 Å². The van der Waals surface area contributed by atoms with Crippen LogP contribution < -0.4 is 14.8 Å². The predicted molar refractivity (Wildman–Crippen MR) is 105 cm³/mol. The van der Waals surface area contributed by atoms with Gasteiger partial charge < -0.3 is 14.8 Å². The molecule has 1 N–H and O–H groups in total. The Bertz CT molecular complexity index is 782. The number of benzene rings is 2. The predicted octanol–water partition coefficient (Wildman–Crippen LogP) is 4.49. The molecule has 0 spiro atoms. The van der Waals surface area contributed by atoms with Crippen molar-refractivity contribution in [2.75, 3.05) is 14.2 Å². The number of halogens is 3. The lowest BCUT2D eigenvalue weighted by Gasteiger charge is -2.19. The molecule has 7 heteroatoms. The highest BCUT2D eigenvalue weighted by molar-refractivity contribution is 5.81. The molecule has 4 nitrogen and oxygen atoms in total. The van der Waals surface area contributed by atoms with E-state index < -0.39 is 18.1 Å². The van der Waals surface area contributed by atoms with E-state index in [2.05, 4.69) is 12.1 Å². The highest BCUT2D eigenvalue weighted by Crippen LogP contribution is 2.32. The first-order valence-electron chi connectivity index (χ1n) is 9.40. The van der Waals surface area contributed by atoms with Gasteiger partial charge in [0.15, 0.2) is 0 Å². The van der Waals surface area contributed by atoms with E-state index in [4.69, 9.17) is 9.47 Å². The molecule has 0 aliphatic rings. The summed E-state index contributed by atoms with van der Waals surface area (Å²) in [5, 5.41) is 1.96. The summed E-state index contributed by atoms with van der Waals surface area (Å²) in [6, 6.07) is 13.0. The molecule has 0 radical (unpaired) electrons. The first-order chi connectivity index (χ1) is 13.7. The number of methoxy groups -OCH3 is 2. The molecule has 0 fully saturated rings. The van der Waals surface area contributed by atoms with Crippen molar-refractivity contribution >= 4 is 5.91 Å². The lowest BCUT2D eigenvalue weighted by Crippen LogP contribution is -2.42. The molecule has 2 aromatic rings. The summed E-state index contributed by atoms with van der Waals surface area (Å²) in [7, 11) is 3.10. The van der Waals surface area contributed by atoms with Gasteiger partial charge in [-0.3, -0.25) is 4.79 Å². The first kappa shape index (κ1) is 22.6. The number of ether oxygens (including phenoxy) is 2. The van der Waals surface area contributed by atoms with Crippen LogP contribution in [0.3, 0.4) is 0 Å². The SMILES string of the molecule is COc1cc(CC(C)NC(=O)C(F)(F)F)cc(OC)c1CCCc1ccccc1. The minimum absolute atomic E-state index is 0.221. The van der Waals surface area contributed by atoms with Crippen molar-refractivity contribution in [1.82, 2.24) is 5.32 Å². The number of alkyl halides is 3. The second-order valence-corrected chi connectivity index (χ2v) is 6.89. The number of aryl methyl sites for hydroxylation is 1. The van der Waals surface area contributed by atoms with Crippen molar-refractivity contribution in [3.63, 3.8) is 0 Å². The normalized spacial score (nSPS) is 12.3. The van der Waals surface area contributed by atoms with Gasteiger partial charge in [-0.2, -0.15) is 13.2 Å². The van der Waals surface area contributed by atoms with Crippen LogP contribution in [0.4, 0.5) is 13.2 Å². The van der Waals surface area contributed by atoms with Crippen LogP contribution in [0.2, 0.25) is 0 Å². The molecule has 1 unspecified atom stereocenters. The van der Waals surface area contributed by atoms with E-state index in [0.717, 1.165) is 30.4 Å². The van der Waals surface area contributed by atoms with Crippen LogP contribution in [-0.4, -0.2) is 32.3 Å². The second kappa shape index (κ2) is 10.2. The minimum Gasteiger partial charge on any atom is -0.496 e. The first-order valence-corrected chi connectivity index (χ1v) is 9.40. The molecule has 1 amide bonds. The fourth-order valence-electron chi connectivity index (χ4n) is 3.23. The van der Waals surface area contributed by atoms with Gasteiger partial charge >= 0.3 is 12.1 Å². The maximum atomic E-state index is 12.4. The molecule has 2 rings (SSSR count). The molecule has 0 saturated heterocycles. The standard InChI is InChI=1S/C22H26F3NO3/c1-15(26-21(27)22(23,24)25)12-17-13-19(28-2)18(20(14-17)29-3)11-7-10-16-8-5-4-6-9-16/h4-6,8-9,13-15H,7,10-12H2,1-3H3,(H,26,27). The maximum Gasteiger partial charge on any atom is 0.471 e. The number of carbonyl (C=O) groups is 1. The van der Waals surface area contributed by atoms with Crippen molar-refractivity contribution in [2.24, 2.45) is 0 Å². The van der Waals surface area contributed by atoms with Crippen molar-refractivity contribution in [3.05, 3.63) is 59.2 Å². The Balaban J connectivity index is 2.09. The molecule has 29 heavy (non-hydrogen) atoms. The van der Waals surface area contributed by atoms with Crippen molar-refractivity contribution in [3.8, 4) is 11.5 Å². The average molecular weight is 409 g/mol. The zero-order chi connectivity index (χ0) is 21.4. The number of hydrogen-bond acceptors (Lipinski definition) is 3. The molecular formula is C22H26F3NO3. The zero-order valence-electron chi connectivity index (χ0n) is 16.8. The third kappa shape index (κ3) is 6.69. The topological polar surface area (TPSA) is 47.6 Å². The maximum absolute atomic E-state index is 12.4. The number of amides is 1. The summed E-state index contributed by atoms with van der Waals surface area (Å²) >= 11 is 0. The molecule has 0 aliphatic heterocycles. The van der Waals surface area contributed by atoms with E-state index in [1.54, 1.807) is 26.4 Å². The summed E-state index contributed by atoms with van der Waals surface area (Å²) in [5.41, 5.74) is 2.89. The van der Waals surface area contributed by atoms with Crippen LogP contribution in [0.1, 0.15) is 30.0 Å². The van der Waals surface area contributed by atoms with Crippen molar-refractivity contribution in [1.29, 1.82) is 0 Å². The summed E-state index contributed by atoms with van der Waals surface area (Å²) in [6.07, 6.45) is -2.13. The number of carbonyl (C=O) groups excluding carboxylic acids is 1. The monoisotopic (exact) mass is 409 g/mol. The molecule has 158 valence electrons. The van der Waals surface area contributed by atoms with Crippen LogP contribution in [0.5, 0.6) is 11.5 Å². The van der Waals surface area contributed by atoms with Crippen LogP contribution in [0.15, 0.2) is 42.5 Å². The Morgan fingerprint density at radius 1 is 1.00 bits per heavy atom. The van der Waals surface area contributed by atoms with Gasteiger partial charge in [-0.15, -0.1) is 0 Å². The lowest BCUT2D eigenvalue weighted by atomic mass is 9.98. The van der Waals surface area contributed by atoms with Gasteiger partial charge in [0, 0.05) is 11.6 Å². The van der Waals surface area contributed by atoms with E-state index in [1.807, 2.05) is 23.5 Å². The molecular weight excluding hydrogens is 383 g/mol. The third-order valence-corrected chi connectivity index (χ3v) is 4.58. The van der Waals surface area contributed by atoms with E-state index in [0.29, 0.717) is 11.5 Å². The third-order valence-electron chi connectivity index (χ3n) is 4.58. The van der Waals surface area contributed by atoms with Crippen LogP contribution >= 0.6 is 0 Å². The van der Waals surface area contributed by atoms with E-state index in [-0.39, 0.29) is 6.42 Å². The van der Waals surface area contributed by atoms with Gasteiger partial charge in [-0.05, 0) is 55.9 Å². The zero-order valence-corrected chi connectivity index (χ0v) is 16.8. The number of rotatable bonds is 9. The molecule has 0 bridgehead atoms. The van der Waals surface area contributed by atoms with E-state index >= 15 is 0 Å². The quantitative estimate of drug-likeness (QED) is 0.664. The van der Waals surface area contributed by atoms with Gasteiger partial charge in [0.1, 0.15) is 11.5 Å². The average Bonchev–Trinajstić information content (AvgIpc) is 2.68. The van der Waals surface area contributed by atoms with Gasteiger partial charge in [0.25, 0.3) is 0 Å². The Kier molecular flexibility index (Phi) is 7.93. The summed E-state index contributed by atoms with van der Waals surface area (Å²) in [6.45, 7) is 1.52. The van der Waals surface area contributed by atoms with E-state index in [1.165, 1.54) is 12.5 Å². The Hall–Kier alpha value is -2.70. The van der Waals surface area contributed by atoms with Gasteiger partial charge in [0.05, 0.1) is 14.2 Å². The Morgan fingerprint density at radius 3 is 2.10 bits per heavy atom. The Morgan fingerprint density at radius 2 is 1.59 bits per heavy atom. The Labute approximate surface area is 169 Å². The fraction of sp³-hybridized carbons (Fsp3) is 0.409. The molecule has 2 aromatic carbocycles. The second-order valence-electron chi connectivity index (χ2n) is 6.89. The van der Waals surface area contributed by atoms with Crippen molar-refractivity contribution in [2.45, 2.75) is 44.8 Å². The molecule has 0 heterocycles. The van der Waals surface area contributed by atoms with Crippen LogP contribution in [0, 0.1) is 0 Å². The molecule has 0 aromatic heterocycles.